The molecule has 0 aliphatic carbocycles. The van der Waals surface area contributed by atoms with E-state index in [1.54, 1.807) is 11.5 Å². The first-order valence-electron chi connectivity index (χ1n) is 4.89. The van der Waals surface area contributed by atoms with E-state index in [-0.39, 0.29) is 0 Å². The summed E-state index contributed by atoms with van der Waals surface area (Å²) < 4.78 is 5.88. The SMILES string of the molecule is CN1CCc2nsc3cccc(c23)C1. The molecule has 0 fully saturated rings. The van der Waals surface area contributed by atoms with Crippen molar-refractivity contribution in [2.75, 3.05) is 13.6 Å². The molecular formula is C11H12N2S. The Kier molecular flexibility index (Phi) is 1.82. The maximum Gasteiger partial charge on any atom is 0.0636 e. The lowest BCUT2D eigenvalue weighted by atomic mass is 10.1. The molecule has 2 aromatic rings. The summed E-state index contributed by atoms with van der Waals surface area (Å²) in [7, 11) is 2.17. The van der Waals surface area contributed by atoms with E-state index in [1.165, 1.54) is 21.3 Å². The third kappa shape index (κ3) is 1.16. The molecule has 0 amide bonds. The monoisotopic (exact) mass is 204 g/mol. The van der Waals surface area contributed by atoms with Gasteiger partial charge in [-0.1, -0.05) is 12.1 Å². The van der Waals surface area contributed by atoms with Crippen molar-refractivity contribution in [2.24, 2.45) is 0 Å². The standard InChI is InChI=1S/C11H12N2S/c1-13-6-5-9-11-8(7-13)3-2-4-10(11)14-12-9/h2-4H,5-7H2,1H3. The van der Waals surface area contributed by atoms with Gasteiger partial charge in [0.15, 0.2) is 0 Å². The molecule has 0 saturated heterocycles. The van der Waals surface area contributed by atoms with Crippen molar-refractivity contribution in [3.63, 3.8) is 0 Å². The number of hydrogen-bond acceptors (Lipinski definition) is 3. The predicted molar refractivity (Wildman–Crippen MR) is 59.7 cm³/mol. The van der Waals surface area contributed by atoms with Crippen LogP contribution >= 0.6 is 11.5 Å². The normalized spacial score (nSPS) is 17.2. The van der Waals surface area contributed by atoms with Crippen LogP contribution in [0.1, 0.15) is 11.3 Å². The van der Waals surface area contributed by atoms with Crippen LogP contribution in [-0.4, -0.2) is 22.9 Å². The average molecular weight is 204 g/mol. The molecule has 2 nitrogen and oxygen atoms in total. The van der Waals surface area contributed by atoms with E-state index in [9.17, 15) is 0 Å². The molecule has 0 radical (unpaired) electrons. The van der Waals surface area contributed by atoms with Crippen LogP contribution in [0.2, 0.25) is 0 Å². The van der Waals surface area contributed by atoms with Gasteiger partial charge in [0.25, 0.3) is 0 Å². The molecule has 2 heterocycles. The van der Waals surface area contributed by atoms with Crippen LogP contribution in [0.15, 0.2) is 18.2 Å². The van der Waals surface area contributed by atoms with Crippen LogP contribution in [0.25, 0.3) is 10.1 Å². The summed E-state index contributed by atoms with van der Waals surface area (Å²) in [6.45, 7) is 2.18. The van der Waals surface area contributed by atoms with Crippen molar-refractivity contribution in [3.05, 3.63) is 29.5 Å². The number of rotatable bonds is 0. The summed E-state index contributed by atoms with van der Waals surface area (Å²) in [6.07, 6.45) is 1.09. The van der Waals surface area contributed by atoms with Gasteiger partial charge in [0.1, 0.15) is 0 Å². The first-order chi connectivity index (χ1) is 6.84. The summed E-state index contributed by atoms with van der Waals surface area (Å²) in [5, 5.41) is 1.42. The molecule has 1 aromatic heterocycles. The highest BCUT2D eigenvalue weighted by molar-refractivity contribution is 7.13. The lowest BCUT2D eigenvalue weighted by Crippen LogP contribution is -2.18. The lowest BCUT2D eigenvalue weighted by Gasteiger charge is -2.12. The van der Waals surface area contributed by atoms with Gasteiger partial charge >= 0.3 is 0 Å². The number of likely N-dealkylation sites (N-methyl/N-ethyl adjacent to an activating group) is 1. The third-order valence-corrected chi connectivity index (χ3v) is 3.67. The lowest BCUT2D eigenvalue weighted by molar-refractivity contribution is 0.336. The largest absolute Gasteiger partial charge is 0.302 e. The van der Waals surface area contributed by atoms with Crippen LogP contribution in [-0.2, 0) is 13.0 Å². The molecule has 0 unspecified atom stereocenters. The topological polar surface area (TPSA) is 16.1 Å². The quantitative estimate of drug-likeness (QED) is 0.654. The highest BCUT2D eigenvalue weighted by atomic mass is 32.1. The van der Waals surface area contributed by atoms with Crippen LogP contribution in [0.3, 0.4) is 0 Å². The van der Waals surface area contributed by atoms with Crippen LogP contribution < -0.4 is 0 Å². The Morgan fingerprint density at radius 3 is 3.29 bits per heavy atom. The maximum absolute atomic E-state index is 4.54. The zero-order valence-corrected chi connectivity index (χ0v) is 8.97. The van der Waals surface area contributed by atoms with E-state index in [4.69, 9.17) is 0 Å². The maximum atomic E-state index is 4.54. The van der Waals surface area contributed by atoms with Crippen LogP contribution in [0.4, 0.5) is 0 Å². The first kappa shape index (κ1) is 8.38. The molecule has 3 heteroatoms. The molecule has 0 spiro atoms. The van der Waals surface area contributed by atoms with Gasteiger partial charge in [-0.25, -0.2) is 0 Å². The van der Waals surface area contributed by atoms with Gasteiger partial charge in [-0.05, 0) is 30.2 Å². The fourth-order valence-corrected chi connectivity index (χ4v) is 2.97. The number of nitrogens with zero attached hydrogens (tertiary/aromatic N) is 2. The van der Waals surface area contributed by atoms with Crippen molar-refractivity contribution >= 4 is 21.6 Å². The molecule has 3 rings (SSSR count). The Hall–Kier alpha value is -0.930. The Bertz CT molecular complexity index is 475. The fraction of sp³-hybridized carbons (Fsp3) is 0.364. The van der Waals surface area contributed by atoms with Gasteiger partial charge in [-0.2, -0.15) is 4.37 Å². The highest BCUT2D eigenvalue weighted by Crippen LogP contribution is 2.29. The smallest absolute Gasteiger partial charge is 0.0636 e. The number of hydrogen-bond donors (Lipinski definition) is 0. The zero-order chi connectivity index (χ0) is 9.54. The molecule has 0 saturated carbocycles. The second kappa shape index (κ2) is 3.04. The summed E-state index contributed by atoms with van der Waals surface area (Å²) in [4.78, 5) is 2.36. The third-order valence-electron chi connectivity index (χ3n) is 2.83. The van der Waals surface area contributed by atoms with Crippen molar-refractivity contribution < 1.29 is 0 Å². The molecule has 1 aliphatic heterocycles. The van der Waals surface area contributed by atoms with E-state index in [0.29, 0.717) is 0 Å². The first-order valence-corrected chi connectivity index (χ1v) is 5.66. The van der Waals surface area contributed by atoms with Crippen LogP contribution in [0.5, 0.6) is 0 Å². The molecule has 72 valence electrons. The summed E-state index contributed by atoms with van der Waals surface area (Å²) in [6, 6.07) is 6.53. The minimum absolute atomic E-state index is 1.06. The Balaban J connectivity index is 2.31. The second-order valence-corrected chi connectivity index (χ2v) is 4.71. The predicted octanol–water partition coefficient (Wildman–Crippen LogP) is 2.28. The van der Waals surface area contributed by atoms with E-state index < -0.39 is 0 Å². The molecular weight excluding hydrogens is 192 g/mol. The van der Waals surface area contributed by atoms with Gasteiger partial charge in [-0.15, -0.1) is 0 Å². The fourth-order valence-electron chi connectivity index (χ4n) is 2.10. The minimum Gasteiger partial charge on any atom is -0.302 e. The number of aromatic nitrogens is 1. The van der Waals surface area contributed by atoms with Crippen molar-refractivity contribution in [2.45, 2.75) is 13.0 Å². The van der Waals surface area contributed by atoms with Gasteiger partial charge < -0.3 is 4.90 Å². The molecule has 0 N–H and O–H groups in total. The van der Waals surface area contributed by atoms with Crippen molar-refractivity contribution in [1.82, 2.24) is 9.27 Å². The van der Waals surface area contributed by atoms with Gasteiger partial charge in [-0.3, -0.25) is 0 Å². The summed E-state index contributed by atoms with van der Waals surface area (Å²) in [5.41, 5.74) is 2.73. The summed E-state index contributed by atoms with van der Waals surface area (Å²) in [5.74, 6) is 0. The average Bonchev–Trinajstić information content (AvgIpc) is 2.51. The Morgan fingerprint density at radius 2 is 2.36 bits per heavy atom. The Morgan fingerprint density at radius 1 is 1.43 bits per heavy atom. The molecule has 0 bridgehead atoms. The van der Waals surface area contributed by atoms with E-state index in [0.717, 1.165) is 19.5 Å². The second-order valence-electron chi connectivity index (χ2n) is 3.91. The molecule has 1 aromatic carbocycles. The Labute approximate surface area is 87.3 Å². The zero-order valence-electron chi connectivity index (χ0n) is 8.16. The van der Waals surface area contributed by atoms with Gasteiger partial charge in [0.05, 0.1) is 10.4 Å². The van der Waals surface area contributed by atoms with Crippen molar-refractivity contribution in [1.29, 1.82) is 0 Å². The molecule has 14 heavy (non-hydrogen) atoms. The molecule has 0 atom stereocenters. The van der Waals surface area contributed by atoms with E-state index >= 15 is 0 Å². The number of benzene rings is 1. The molecule has 1 aliphatic rings. The van der Waals surface area contributed by atoms with E-state index in [2.05, 4.69) is 34.5 Å². The van der Waals surface area contributed by atoms with Crippen molar-refractivity contribution in [3.8, 4) is 0 Å². The minimum atomic E-state index is 1.06. The van der Waals surface area contributed by atoms with Gasteiger partial charge in [0.2, 0.25) is 0 Å². The van der Waals surface area contributed by atoms with Crippen LogP contribution in [0, 0.1) is 0 Å². The summed E-state index contributed by atoms with van der Waals surface area (Å²) >= 11 is 1.63. The highest BCUT2D eigenvalue weighted by Gasteiger charge is 2.15. The van der Waals surface area contributed by atoms with Gasteiger partial charge in [0, 0.05) is 24.9 Å². The van der Waals surface area contributed by atoms with E-state index in [1.807, 2.05) is 0 Å².